The zero-order valence-electron chi connectivity index (χ0n) is 12.6. The monoisotopic (exact) mass is 283 g/mol. The molecule has 1 aliphatic carbocycles. The highest BCUT2D eigenvalue weighted by atomic mass is 16.2. The number of benzene rings is 1. The molecule has 1 aromatic rings. The fourth-order valence-corrected chi connectivity index (χ4v) is 3.46. The summed E-state index contributed by atoms with van der Waals surface area (Å²) in [6, 6.07) is 9.27. The molecule has 21 heavy (non-hydrogen) atoms. The number of nitrogens with zero attached hydrogens (tertiary/aromatic N) is 1. The van der Waals surface area contributed by atoms with Crippen molar-refractivity contribution >= 4 is 17.5 Å². The summed E-state index contributed by atoms with van der Waals surface area (Å²) in [6.07, 6.45) is 4.66. The van der Waals surface area contributed by atoms with Crippen molar-refractivity contribution in [2.24, 2.45) is 17.8 Å². The van der Waals surface area contributed by atoms with E-state index in [1.807, 2.05) is 30.3 Å². The third-order valence-corrected chi connectivity index (χ3v) is 4.39. The number of fused-ring (bicyclic) bond motifs is 1. The van der Waals surface area contributed by atoms with E-state index in [9.17, 15) is 9.59 Å². The number of anilines is 1. The first kappa shape index (κ1) is 14.1. The molecule has 0 radical (unpaired) electrons. The van der Waals surface area contributed by atoms with Gasteiger partial charge in [0.05, 0.1) is 17.5 Å². The third kappa shape index (κ3) is 2.53. The van der Waals surface area contributed by atoms with Gasteiger partial charge in [0, 0.05) is 0 Å². The van der Waals surface area contributed by atoms with Gasteiger partial charge in [-0.3, -0.25) is 14.5 Å². The first-order valence-corrected chi connectivity index (χ1v) is 7.68. The zero-order chi connectivity index (χ0) is 15.0. The topological polar surface area (TPSA) is 37.4 Å². The van der Waals surface area contributed by atoms with Crippen LogP contribution < -0.4 is 4.90 Å². The molecule has 0 N–H and O–H groups in total. The molecule has 2 amide bonds. The summed E-state index contributed by atoms with van der Waals surface area (Å²) in [5.74, 6) is 0.219. The molecule has 3 nitrogen and oxygen atoms in total. The molecule has 0 spiro atoms. The summed E-state index contributed by atoms with van der Waals surface area (Å²) in [7, 11) is 0. The maximum Gasteiger partial charge on any atom is 0.238 e. The van der Waals surface area contributed by atoms with Crippen LogP contribution in [0, 0.1) is 17.8 Å². The first-order valence-electron chi connectivity index (χ1n) is 7.68. The molecule has 0 aromatic heterocycles. The smallest absolute Gasteiger partial charge is 0.238 e. The highest BCUT2D eigenvalue weighted by Crippen LogP contribution is 2.41. The van der Waals surface area contributed by atoms with Crippen LogP contribution in [0.15, 0.2) is 42.0 Å². The van der Waals surface area contributed by atoms with Crippen molar-refractivity contribution in [3.63, 3.8) is 0 Å². The molecule has 1 heterocycles. The maximum atomic E-state index is 12.7. The van der Waals surface area contributed by atoms with Crippen LogP contribution >= 0.6 is 0 Å². The van der Waals surface area contributed by atoms with Gasteiger partial charge in [0.25, 0.3) is 0 Å². The highest BCUT2D eigenvalue weighted by molar-refractivity contribution is 6.22. The van der Waals surface area contributed by atoms with Crippen molar-refractivity contribution in [1.29, 1.82) is 0 Å². The molecular weight excluding hydrogens is 262 g/mol. The largest absolute Gasteiger partial charge is 0.274 e. The molecule has 3 heteroatoms. The van der Waals surface area contributed by atoms with Crippen LogP contribution in [0.25, 0.3) is 0 Å². The number of carbonyl (C=O) groups excluding carboxylic acids is 2. The van der Waals surface area contributed by atoms with Gasteiger partial charge in [0.2, 0.25) is 11.8 Å². The van der Waals surface area contributed by atoms with Gasteiger partial charge in [-0.25, -0.2) is 0 Å². The van der Waals surface area contributed by atoms with Crippen LogP contribution in [-0.2, 0) is 9.59 Å². The van der Waals surface area contributed by atoms with E-state index in [-0.39, 0.29) is 23.7 Å². The van der Waals surface area contributed by atoms with Gasteiger partial charge in [0.1, 0.15) is 0 Å². The highest BCUT2D eigenvalue weighted by Gasteiger charge is 2.48. The summed E-state index contributed by atoms with van der Waals surface area (Å²) in [4.78, 5) is 26.6. The predicted molar refractivity (Wildman–Crippen MR) is 82.7 cm³/mol. The first-order chi connectivity index (χ1) is 10.1. The number of hydrogen-bond donors (Lipinski definition) is 0. The third-order valence-electron chi connectivity index (χ3n) is 4.39. The van der Waals surface area contributed by atoms with Gasteiger partial charge in [-0.2, -0.15) is 0 Å². The van der Waals surface area contributed by atoms with E-state index in [4.69, 9.17) is 0 Å². The standard InChI is InChI=1S/C18H21NO2/c1-12(2)10-13-8-9-15-16(11-13)18(21)19(17(15)20)14-6-4-3-5-7-14/h3-8,12,15-16H,9-11H2,1-2H3/t15-,16+/m0/s1. The quantitative estimate of drug-likeness (QED) is 0.628. The molecular formula is C18H21NO2. The summed E-state index contributed by atoms with van der Waals surface area (Å²) >= 11 is 0. The fraction of sp³-hybridized carbons (Fsp3) is 0.444. The van der Waals surface area contributed by atoms with Gasteiger partial charge in [-0.1, -0.05) is 43.7 Å². The number of imide groups is 1. The van der Waals surface area contributed by atoms with Crippen molar-refractivity contribution in [2.75, 3.05) is 4.90 Å². The maximum absolute atomic E-state index is 12.7. The number of amides is 2. The van der Waals surface area contributed by atoms with E-state index in [1.54, 1.807) is 0 Å². The van der Waals surface area contributed by atoms with Gasteiger partial charge in [-0.15, -0.1) is 0 Å². The van der Waals surface area contributed by atoms with Gasteiger partial charge in [0.15, 0.2) is 0 Å². The molecule has 2 aliphatic rings. The lowest BCUT2D eigenvalue weighted by Crippen LogP contribution is -2.30. The number of carbonyl (C=O) groups is 2. The van der Waals surface area contributed by atoms with Crippen molar-refractivity contribution in [1.82, 2.24) is 0 Å². The second-order valence-corrected chi connectivity index (χ2v) is 6.46. The average Bonchev–Trinajstić information content (AvgIpc) is 2.71. The molecule has 3 rings (SSSR count). The lowest BCUT2D eigenvalue weighted by Gasteiger charge is -2.22. The molecule has 1 aromatic carbocycles. The number of hydrogen-bond acceptors (Lipinski definition) is 2. The molecule has 2 atom stereocenters. The van der Waals surface area contributed by atoms with Crippen LogP contribution in [-0.4, -0.2) is 11.8 Å². The molecule has 110 valence electrons. The van der Waals surface area contributed by atoms with Crippen LogP contribution in [0.3, 0.4) is 0 Å². The number of rotatable bonds is 3. The van der Waals surface area contributed by atoms with Crippen molar-refractivity contribution < 1.29 is 9.59 Å². The zero-order valence-corrected chi connectivity index (χ0v) is 12.6. The van der Waals surface area contributed by atoms with E-state index in [0.717, 1.165) is 12.8 Å². The Labute approximate surface area is 125 Å². The number of para-hydroxylation sites is 1. The minimum absolute atomic E-state index is 0.0226. The molecule has 1 saturated heterocycles. The Morgan fingerprint density at radius 3 is 2.43 bits per heavy atom. The Balaban J connectivity index is 1.84. The van der Waals surface area contributed by atoms with Crippen LogP contribution in [0.2, 0.25) is 0 Å². The lowest BCUT2D eigenvalue weighted by molar-refractivity contribution is -0.122. The minimum Gasteiger partial charge on any atom is -0.274 e. The second-order valence-electron chi connectivity index (χ2n) is 6.46. The van der Waals surface area contributed by atoms with Crippen LogP contribution in [0.1, 0.15) is 33.1 Å². The summed E-state index contributed by atoms with van der Waals surface area (Å²) in [5.41, 5.74) is 2.04. The van der Waals surface area contributed by atoms with Crippen LogP contribution in [0.4, 0.5) is 5.69 Å². The average molecular weight is 283 g/mol. The molecule has 0 bridgehead atoms. The lowest BCUT2D eigenvalue weighted by atomic mass is 9.79. The van der Waals surface area contributed by atoms with Crippen LogP contribution in [0.5, 0.6) is 0 Å². The van der Waals surface area contributed by atoms with Gasteiger partial charge >= 0.3 is 0 Å². The molecule has 0 unspecified atom stereocenters. The normalized spacial score (nSPS) is 25.3. The molecule has 0 saturated carbocycles. The Morgan fingerprint density at radius 1 is 1.10 bits per heavy atom. The fourth-order valence-electron chi connectivity index (χ4n) is 3.46. The SMILES string of the molecule is CC(C)CC1=CC[C@@H]2C(=O)N(c3ccccc3)C(=O)[C@@H]2C1. The van der Waals surface area contributed by atoms with Crippen molar-refractivity contribution in [3.8, 4) is 0 Å². The number of allylic oxidation sites excluding steroid dienone is 2. The van der Waals surface area contributed by atoms with Gasteiger partial charge in [-0.05, 0) is 37.3 Å². The van der Waals surface area contributed by atoms with E-state index in [2.05, 4.69) is 19.9 Å². The van der Waals surface area contributed by atoms with E-state index in [1.165, 1.54) is 10.5 Å². The summed E-state index contributed by atoms with van der Waals surface area (Å²) in [5, 5.41) is 0. The minimum atomic E-state index is -0.159. The Kier molecular flexibility index (Phi) is 3.66. The Morgan fingerprint density at radius 2 is 1.76 bits per heavy atom. The Hall–Kier alpha value is -1.90. The summed E-state index contributed by atoms with van der Waals surface area (Å²) in [6.45, 7) is 4.37. The van der Waals surface area contributed by atoms with Crippen molar-refractivity contribution in [3.05, 3.63) is 42.0 Å². The second kappa shape index (κ2) is 5.47. The molecule has 1 fully saturated rings. The van der Waals surface area contributed by atoms with Gasteiger partial charge < -0.3 is 0 Å². The summed E-state index contributed by atoms with van der Waals surface area (Å²) < 4.78 is 0. The van der Waals surface area contributed by atoms with E-state index >= 15 is 0 Å². The Bertz CT molecular complexity index is 588. The van der Waals surface area contributed by atoms with E-state index < -0.39 is 0 Å². The van der Waals surface area contributed by atoms with E-state index in [0.29, 0.717) is 18.0 Å². The van der Waals surface area contributed by atoms with Crippen molar-refractivity contribution in [2.45, 2.75) is 33.1 Å². The molecule has 1 aliphatic heterocycles. The predicted octanol–water partition coefficient (Wildman–Crippen LogP) is 3.56.